The molecular formula is C16H16ClNO2S. The second kappa shape index (κ2) is 6.08. The first-order valence-electron chi connectivity index (χ1n) is 7.00. The molecule has 1 N–H and O–H groups in total. The maximum Gasteiger partial charge on any atom is 0.340 e. The van der Waals surface area contributed by atoms with Gasteiger partial charge in [-0.15, -0.1) is 11.3 Å². The third-order valence-electron chi connectivity index (χ3n) is 3.60. The van der Waals surface area contributed by atoms with E-state index >= 15 is 0 Å². The van der Waals surface area contributed by atoms with Crippen LogP contribution in [0.5, 0.6) is 0 Å². The van der Waals surface area contributed by atoms with Crippen molar-refractivity contribution >= 4 is 34.6 Å². The van der Waals surface area contributed by atoms with Crippen molar-refractivity contribution in [2.45, 2.75) is 25.8 Å². The summed E-state index contributed by atoms with van der Waals surface area (Å²) in [7, 11) is 0. The highest BCUT2D eigenvalue weighted by Crippen LogP contribution is 2.41. The van der Waals surface area contributed by atoms with E-state index < -0.39 is 0 Å². The molecule has 1 aliphatic rings. The molecule has 1 unspecified atom stereocenters. The molecule has 3 nitrogen and oxygen atoms in total. The molecule has 2 aromatic rings. The molecule has 0 fully saturated rings. The molecule has 0 bridgehead atoms. The smallest absolute Gasteiger partial charge is 0.340 e. The highest BCUT2D eigenvalue weighted by molar-refractivity contribution is 7.16. The zero-order chi connectivity index (χ0) is 14.8. The van der Waals surface area contributed by atoms with Crippen molar-refractivity contribution in [3.8, 4) is 0 Å². The molecule has 0 aliphatic heterocycles. The normalized spacial score (nSPS) is 16.6. The van der Waals surface area contributed by atoms with Gasteiger partial charge < -0.3 is 10.1 Å². The Labute approximate surface area is 132 Å². The minimum atomic E-state index is -0.290. The SMILES string of the molecule is CCOC(=O)c1ccccc1NC1CCc2sc(Cl)cc21. The van der Waals surface area contributed by atoms with Gasteiger partial charge in [-0.2, -0.15) is 0 Å². The van der Waals surface area contributed by atoms with Crippen molar-refractivity contribution in [2.75, 3.05) is 11.9 Å². The zero-order valence-corrected chi connectivity index (χ0v) is 13.3. The number of carbonyl (C=O) groups is 1. The highest BCUT2D eigenvalue weighted by Gasteiger charge is 2.26. The van der Waals surface area contributed by atoms with Crippen LogP contribution in [0.1, 0.15) is 40.2 Å². The van der Waals surface area contributed by atoms with Gasteiger partial charge in [0.05, 0.1) is 22.5 Å². The van der Waals surface area contributed by atoms with Crippen LogP contribution in [0.25, 0.3) is 0 Å². The topological polar surface area (TPSA) is 38.3 Å². The van der Waals surface area contributed by atoms with Gasteiger partial charge in [0.25, 0.3) is 0 Å². The molecule has 5 heteroatoms. The van der Waals surface area contributed by atoms with Gasteiger partial charge in [-0.25, -0.2) is 4.79 Å². The van der Waals surface area contributed by atoms with Gasteiger partial charge in [-0.1, -0.05) is 23.7 Å². The van der Waals surface area contributed by atoms with Crippen molar-refractivity contribution in [3.63, 3.8) is 0 Å². The summed E-state index contributed by atoms with van der Waals surface area (Å²) >= 11 is 7.73. The third-order valence-corrected chi connectivity index (χ3v) is 4.94. The number of aryl methyl sites for hydroxylation is 1. The van der Waals surface area contributed by atoms with Crippen molar-refractivity contribution in [1.82, 2.24) is 0 Å². The molecule has 0 saturated heterocycles. The Bertz CT molecular complexity index is 668. The van der Waals surface area contributed by atoms with Gasteiger partial charge in [0.1, 0.15) is 0 Å². The molecule has 1 aromatic carbocycles. The standard InChI is InChI=1S/C16H16ClNO2S/c1-2-20-16(19)10-5-3-4-6-12(10)18-13-7-8-14-11(13)9-15(17)21-14/h3-6,9,13,18H,2,7-8H2,1H3. The van der Waals surface area contributed by atoms with Gasteiger partial charge in [-0.3, -0.25) is 0 Å². The Balaban J connectivity index is 1.84. The Hall–Kier alpha value is -1.52. The molecule has 0 amide bonds. The number of fused-ring (bicyclic) bond motifs is 1. The number of esters is 1. The fourth-order valence-corrected chi connectivity index (χ4v) is 4.02. The van der Waals surface area contributed by atoms with Crippen LogP contribution in [0, 0.1) is 0 Å². The van der Waals surface area contributed by atoms with Crippen LogP contribution < -0.4 is 5.32 Å². The van der Waals surface area contributed by atoms with Gasteiger partial charge in [0.2, 0.25) is 0 Å². The summed E-state index contributed by atoms with van der Waals surface area (Å²) < 4.78 is 5.93. The minimum Gasteiger partial charge on any atom is -0.462 e. The van der Waals surface area contributed by atoms with Crippen molar-refractivity contribution in [3.05, 3.63) is 50.7 Å². The van der Waals surface area contributed by atoms with Crippen molar-refractivity contribution in [2.24, 2.45) is 0 Å². The number of anilines is 1. The van der Waals surface area contributed by atoms with E-state index in [0.29, 0.717) is 12.2 Å². The number of ether oxygens (including phenoxy) is 1. The van der Waals surface area contributed by atoms with Gasteiger partial charge in [0, 0.05) is 10.6 Å². The molecule has 1 atom stereocenters. The number of hydrogen-bond donors (Lipinski definition) is 1. The van der Waals surface area contributed by atoms with E-state index in [1.807, 2.05) is 31.2 Å². The van der Waals surface area contributed by atoms with Gasteiger partial charge in [0.15, 0.2) is 0 Å². The van der Waals surface area contributed by atoms with Crippen LogP contribution in [0.4, 0.5) is 5.69 Å². The predicted octanol–water partition coefficient (Wildman–Crippen LogP) is 4.68. The largest absolute Gasteiger partial charge is 0.462 e. The first-order chi connectivity index (χ1) is 10.2. The number of rotatable bonds is 4. The van der Waals surface area contributed by atoms with Crippen molar-refractivity contribution in [1.29, 1.82) is 0 Å². The molecule has 0 spiro atoms. The Morgan fingerprint density at radius 1 is 1.48 bits per heavy atom. The van der Waals surface area contributed by atoms with Gasteiger partial charge >= 0.3 is 5.97 Å². The summed E-state index contributed by atoms with van der Waals surface area (Å²) in [5.41, 5.74) is 2.65. The molecule has 3 rings (SSSR count). The van der Waals surface area contributed by atoms with E-state index in [2.05, 4.69) is 5.32 Å². The minimum absolute atomic E-state index is 0.208. The Kier molecular flexibility index (Phi) is 4.17. The number of nitrogens with one attached hydrogen (secondary N) is 1. The fraction of sp³-hybridized carbons (Fsp3) is 0.312. The monoisotopic (exact) mass is 321 g/mol. The summed E-state index contributed by atoms with van der Waals surface area (Å²) in [4.78, 5) is 13.3. The van der Waals surface area contributed by atoms with Crippen molar-refractivity contribution < 1.29 is 9.53 Å². The molecule has 1 aliphatic carbocycles. The summed E-state index contributed by atoms with van der Waals surface area (Å²) in [6.07, 6.45) is 2.06. The first-order valence-corrected chi connectivity index (χ1v) is 8.19. The molecule has 1 aromatic heterocycles. The van der Waals surface area contributed by atoms with Gasteiger partial charge in [-0.05, 0) is 43.5 Å². The zero-order valence-electron chi connectivity index (χ0n) is 11.7. The van der Waals surface area contributed by atoms with E-state index in [-0.39, 0.29) is 12.0 Å². The van der Waals surface area contributed by atoms with E-state index in [1.165, 1.54) is 10.4 Å². The highest BCUT2D eigenvalue weighted by atomic mass is 35.5. The van der Waals surface area contributed by atoms with Crippen LogP contribution in [0.2, 0.25) is 4.34 Å². The lowest BCUT2D eigenvalue weighted by molar-refractivity contribution is 0.0527. The second-order valence-electron chi connectivity index (χ2n) is 4.93. The second-order valence-corrected chi connectivity index (χ2v) is 6.70. The van der Waals surface area contributed by atoms with Crippen LogP contribution in [0.15, 0.2) is 30.3 Å². The molecule has 0 saturated carbocycles. The number of carbonyl (C=O) groups excluding carboxylic acids is 1. The van der Waals surface area contributed by atoms with E-state index in [4.69, 9.17) is 16.3 Å². The number of thiophene rings is 1. The fourth-order valence-electron chi connectivity index (χ4n) is 2.66. The third kappa shape index (κ3) is 2.92. The average molecular weight is 322 g/mol. The van der Waals surface area contributed by atoms with E-state index in [0.717, 1.165) is 22.9 Å². The molecule has 0 radical (unpaired) electrons. The van der Waals surface area contributed by atoms with Crippen LogP contribution in [0.3, 0.4) is 0 Å². The summed E-state index contributed by atoms with van der Waals surface area (Å²) in [5, 5.41) is 3.47. The molecule has 110 valence electrons. The average Bonchev–Trinajstić information content (AvgIpc) is 3.00. The number of para-hydroxylation sites is 1. The lowest BCUT2D eigenvalue weighted by Gasteiger charge is -2.17. The Morgan fingerprint density at radius 3 is 3.10 bits per heavy atom. The maximum atomic E-state index is 12.0. The summed E-state index contributed by atoms with van der Waals surface area (Å²) in [6.45, 7) is 2.19. The summed E-state index contributed by atoms with van der Waals surface area (Å²) in [5.74, 6) is -0.290. The van der Waals surface area contributed by atoms with E-state index in [1.54, 1.807) is 17.4 Å². The van der Waals surface area contributed by atoms with Crippen LogP contribution in [-0.2, 0) is 11.2 Å². The summed E-state index contributed by atoms with van der Waals surface area (Å²) in [6, 6.07) is 9.70. The quantitative estimate of drug-likeness (QED) is 0.831. The molecular weight excluding hydrogens is 306 g/mol. The lowest BCUT2D eigenvalue weighted by atomic mass is 10.1. The molecule has 1 heterocycles. The number of benzene rings is 1. The Morgan fingerprint density at radius 2 is 2.29 bits per heavy atom. The van der Waals surface area contributed by atoms with Crippen LogP contribution in [-0.4, -0.2) is 12.6 Å². The maximum absolute atomic E-state index is 12.0. The van der Waals surface area contributed by atoms with Crippen LogP contribution >= 0.6 is 22.9 Å². The molecule has 21 heavy (non-hydrogen) atoms. The first kappa shape index (κ1) is 14.4. The van der Waals surface area contributed by atoms with E-state index in [9.17, 15) is 4.79 Å². The predicted molar refractivity (Wildman–Crippen MR) is 86.4 cm³/mol. The number of hydrogen-bond acceptors (Lipinski definition) is 4. The number of halogens is 1. The lowest BCUT2D eigenvalue weighted by Crippen LogP contribution is -2.12.